The highest BCUT2D eigenvalue weighted by atomic mass is 16.1. The van der Waals surface area contributed by atoms with Crippen LogP contribution >= 0.6 is 0 Å². The van der Waals surface area contributed by atoms with Crippen molar-refractivity contribution in [2.75, 3.05) is 48.5 Å². The third kappa shape index (κ3) is 3.03. The van der Waals surface area contributed by atoms with Gasteiger partial charge in [0.1, 0.15) is 11.4 Å². The van der Waals surface area contributed by atoms with Crippen molar-refractivity contribution in [3.8, 4) is 0 Å². The van der Waals surface area contributed by atoms with Crippen LogP contribution in [0, 0.1) is 0 Å². The molecule has 1 aromatic heterocycles. The molecule has 0 radical (unpaired) electrons. The summed E-state index contributed by atoms with van der Waals surface area (Å²) in [5.41, 5.74) is 8.23. The van der Waals surface area contributed by atoms with Gasteiger partial charge in [-0.25, -0.2) is 4.98 Å². The second-order valence-corrected chi connectivity index (χ2v) is 6.96. The first kappa shape index (κ1) is 16.6. The van der Waals surface area contributed by atoms with Crippen molar-refractivity contribution < 1.29 is 4.79 Å². The van der Waals surface area contributed by atoms with E-state index in [2.05, 4.69) is 37.4 Å². The van der Waals surface area contributed by atoms with Crippen molar-refractivity contribution in [2.45, 2.75) is 18.9 Å². The predicted octanol–water partition coefficient (Wildman–Crippen LogP) is 1.90. The van der Waals surface area contributed by atoms with Crippen LogP contribution in [0.3, 0.4) is 0 Å². The van der Waals surface area contributed by atoms with Crippen molar-refractivity contribution >= 4 is 34.7 Å². The molecule has 4 rings (SSSR count). The molecule has 0 spiro atoms. The van der Waals surface area contributed by atoms with Crippen LogP contribution < -0.4 is 21.3 Å². The summed E-state index contributed by atoms with van der Waals surface area (Å²) in [6, 6.07) is 5.75. The fourth-order valence-corrected chi connectivity index (χ4v) is 3.44. The number of amides is 1. The molecule has 3 heterocycles. The van der Waals surface area contributed by atoms with Crippen LogP contribution in [0.1, 0.15) is 23.2 Å². The number of hydrogen-bond donors (Lipinski definition) is 3. The quantitative estimate of drug-likeness (QED) is 0.709. The van der Waals surface area contributed by atoms with E-state index in [1.165, 1.54) is 0 Å². The molecule has 2 aliphatic heterocycles. The first-order chi connectivity index (χ1) is 12.5. The van der Waals surface area contributed by atoms with Gasteiger partial charge in [0, 0.05) is 25.0 Å². The number of nitrogens with two attached hydrogens (primary N) is 1. The Hall–Kier alpha value is -2.87. The minimum atomic E-state index is -0.245. The van der Waals surface area contributed by atoms with E-state index in [0.717, 1.165) is 31.6 Å². The van der Waals surface area contributed by atoms with Gasteiger partial charge in [-0.2, -0.15) is 4.98 Å². The summed E-state index contributed by atoms with van der Waals surface area (Å²) in [7, 11) is 4.16. The van der Waals surface area contributed by atoms with E-state index < -0.39 is 0 Å². The van der Waals surface area contributed by atoms with Crippen molar-refractivity contribution in [3.63, 3.8) is 0 Å². The van der Waals surface area contributed by atoms with Gasteiger partial charge in [-0.3, -0.25) is 4.79 Å². The molecule has 136 valence electrons. The zero-order chi connectivity index (χ0) is 18.3. The van der Waals surface area contributed by atoms with E-state index in [1.807, 2.05) is 13.1 Å². The highest BCUT2D eigenvalue weighted by Gasteiger charge is 2.25. The lowest BCUT2D eigenvalue weighted by atomic mass is 10.0. The van der Waals surface area contributed by atoms with Crippen LogP contribution in [0.25, 0.3) is 0 Å². The minimum absolute atomic E-state index is 0.245. The Balaban J connectivity index is 1.64. The van der Waals surface area contributed by atoms with E-state index in [0.29, 0.717) is 34.7 Å². The molecular formula is C18H23N7O. The Labute approximate surface area is 152 Å². The molecular weight excluding hydrogens is 330 g/mol. The molecule has 0 unspecified atom stereocenters. The number of aromatic nitrogens is 2. The molecule has 0 saturated carbocycles. The molecule has 8 heteroatoms. The third-order valence-electron chi connectivity index (χ3n) is 5.12. The van der Waals surface area contributed by atoms with Gasteiger partial charge in [0.25, 0.3) is 5.91 Å². The fourth-order valence-electron chi connectivity index (χ4n) is 3.44. The van der Waals surface area contributed by atoms with E-state index in [1.54, 1.807) is 18.3 Å². The predicted molar refractivity (Wildman–Crippen MR) is 103 cm³/mol. The summed E-state index contributed by atoms with van der Waals surface area (Å²) in [5, 5.41) is 6.10. The molecule has 1 saturated heterocycles. The van der Waals surface area contributed by atoms with Crippen molar-refractivity contribution in [2.24, 2.45) is 0 Å². The Morgan fingerprint density at radius 2 is 2.00 bits per heavy atom. The number of anilines is 5. The van der Waals surface area contributed by atoms with E-state index in [-0.39, 0.29) is 5.91 Å². The van der Waals surface area contributed by atoms with Gasteiger partial charge in [0.15, 0.2) is 0 Å². The topological polar surface area (TPSA) is 99.4 Å². The van der Waals surface area contributed by atoms with Crippen LogP contribution in [-0.4, -0.2) is 54.0 Å². The monoisotopic (exact) mass is 353 g/mol. The van der Waals surface area contributed by atoms with Gasteiger partial charge in [0.2, 0.25) is 5.95 Å². The largest absolute Gasteiger partial charge is 0.399 e. The molecule has 1 amide bonds. The Morgan fingerprint density at radius 3 is 2.77 bits per heavy atom. The lowest BCUT2D eigenvalue weighted by molar-refractivity contribution is 0.102. The Kier molecular flexibility index (Phi) is 4.12. The summed E-state index contributed by atoms with van der Waals surface area (Å²) in [5.74, 6) is 0.888. The van der Waals surface area contributed by atoms with E-state index in [4.69, 9.17) is 5.73 Å². The SMILES string of the molecule is CN1CCC(N(C)c2ncc3c(n2)Nc2ccc(N)cc2NC3=O)CC1. The van der Waals surface area contributed by atoms with E-state index in [9.17, 15) is 4.79 Å². The average molecular weight is 353 g/mol. The lowest BCUT2D eigenvalue weighted by Crippen LogP contribution is -2.42. The second kappa shape index (κ2) is 6.45. The summed E-state index contributed by atoms with van der Waals surface area (Å²) < 4.78 is 0. The smallest absolute Gasteiger partial charge is 0.261 e. The molecule has 1 fully saturated rings. The summed E-state index contributed by atoms with van der Waals surface area (Å²) in [6.45, 7) is 2.13. The van der Waals surface area contributed by atoms with Crippen molar-refractivity contribution in [1.82, 2.24) is 14.9 Å². The Morgan fingerprint density at radius 1 is 1.23 bits per heavy atom. The zero-order valence-electron chi connectivity index (χ0n) is 15.0. The van der Waals surface area contributed by atoms with Gasteiger partial charge in [-0.05, 0) is 51.2 Å². The third-order valence-corrected chi connectivity index (χ3v) is 5.12. The normalized spacial score (nSPS) is 17.5. The number of fused-ring (bicyclic) bond motifs is 2. The van der Waals surface area contributed by atoms with Crippen LogP contribution in [0.15, 0.2) is 24.4 Å². The highest BCUT2D eigenvalue weighted by Crippen LogP contribution is 2.33. The number of nitrogens with one attached hydrogen (secondary N) is 2. The number of likely N-dealkylation sites (tertiary alicyclic amines) is 1. The number of carbonyl (C=O) groups excluding carboxylic acids is 1. The molecule has 1 aromatic carbocycles. The minimum Gasteiger partial charge on any atom is -0.399 e. The number of rotatable bonds is 2. The molecule has 26 heavy (non-hydrogen) atoms. The average Bonchev–Trinajstić information content (AvgIpc) is 2.77. The first-order valence-corrected chi connectivity index (χ1v) is 8.77. The first-order valence-electron chi connectivity index (χ1n) is 8.77. The molecule has 0 atom stereocenters. The van der Waals surface area contributed by atoms with Gasteiger partial charge < -0.3 is 26.2 Å². The number of nitrogen functional groups attached to an aromatic ring is 1. The highest BCUT2D eigenvalue weighted by molar-refractivity contribution is 6.11. The maximum atomic E-state index is 12.5. The number of hydrogen-bond acceptors (Lipinski definition) is 7. The maximum absolute atomic E-state index is 12.5. The molecule has 8 nitrogen and oxygen atoms in total. The fraction of sp³-hybridized carbons (Fsp3) is 0.389. The Bertz CT molecular complexity index is 845. The summed E-state index contributed by atoms with van der Waals surface area (Å²) >= 11 is 0. The number of benzene rings is 1. The maximum Gasteiger partial charge on any atom is 0.261 e. The lowest BCUT2D eigenvalue weighted by Gasteiger charge is -2.35. The second-order valence-electron chi connectivity index (χ2n) is 6.96. The van der Waals surface area contributed by atoms with Gasteiger partial charge >= 0.3 is 0 Å². The summed E-state index contributed by atoms with van der Waals surface area (Å²) in [4.78, 5) is 26.0. The molecule has 0 aliphatic carbocycles. The van der Waals surface area contributed by atoms with Gasteiger partial charge in [0.05, 0.1) is 11.4 Å². The molecule has 0 bridgehead atoms. The standard InChI is InChI=1S/C18H23N7O/c1-24-7-5-12(6-8-24)25(2)18-20-10-13-16(23-18)21-14-4-3-11(19)9-15(14)22-17(13)26/h3-4,9-10,12H,5-8,19H2,1-2H3,(H,22,26)(H,20,21,23). The van der Waals surface area contributed by atoms with Crippen LogP contribution in [0.5, 0.6) is 0 Å². The van der Waals surface area contributed by atoms with Crippen LogP contribution in [0.2, 0.25) is 0 Å². The molecule has 2 aliphatic rings. The van der Waals surface area contributed by atoms with Gasteiger partial charge in [-0.15, -0.1) is 0 Å². The number of nitrogens with zero attached hydrogens (tertiary/aromatic N) is 4. The van der Waals surface area contributed by atoms with E-state index >= 15 is 0 Å². The molecule has 2 aromatic rings. The van der Waals surface area contributed by atoms with Crippen molar-refractivity contribution in [3.05, 3.63) is 30.0 Å². The van der Waals surface area contributed by atoms with Crippen LogP contribution in [-0.2, 0) is 0 Å². The zero-order valence-corrected chi connectivity index (χ0v) is 15.0. The van der Waals surface area contributed by atoms with Crippen LogP contribution in [0.4, 0.5) is 28.8 Å². The van der Waals surface area contributed by atoms with Gasteiger partial charge in [-0.1, -0.05) is 0 Å². The molecule has 4 N–H and O–H groups in total. The number of carbonyl (C=O) groups is 1. The van der Waals surface area contributed by atoms with Crippen molar-refractivity contribution in [1.29, 1.82) is 0 Å². The number of piperidine rings is 1. The summed E-state index contributed by atoms with van der Waals surface area (Å²) in [6.07, 6.45) is 3.73.